The Balaban J connectivity index is 1.51. The largest absolute Gasteiger partial charge is 0.452 e. The van der Waals surface area contributed by atoms with E-state index in [1.807, 2.05) is 35.7 Å². The zero-order chi connectivity index (χ0) is 27.9. The lowest BCUT2D eigenvalue weighted by Crippen LogP contribution is -2.40. The number of fused-ring (bicyclic) bond motifs is 2. The maximum Gasteiger partial charge on any atom is 0.339 e. The first-order chi connectivity index (χ1) is 18.4. The Kier molecular flexibility index (Phi) is 7.41. The second-order valence-electron chi connectivity index (χ2n) is 11.6. The summed E-state index contributed by atoms with van der Waals surface area (Å²) in [6.07, 6.45) is 4.10. The highest BCUT2D eigenvalue weighted by molar-refractivity contribution is 7.91. The van der Waals surface area contributed by atoms with Gasteiger partial charge >= 0.3 is 5.97 Å². The second-order valence-corrected chi connectivity index (χ2v) is 14.8. The van der Waals surface area contributed by atoms with Crippen molar-refractivity contribution in [2.75, 3.05) is 25.2 Å². The predicted molar refractivity (Wildman–Crippen MR) is 155 cm³/mol. The number of thiophene rings is 1. The number of likely N-dealkylation sites (N-methyl/N-ethyl adjacent to an activating group) is 1. The second kappa shape index (κ2) is 10.5. The Labute approximate surface area is 233 Å². The summed E-state index contributed by atoms with van der Waals surface area (Å²) >= 11 is 1.66. The van der Waals surface area contributed by atoms with E-state index in [4.69, 9.17) is 9.72 Å². The van der Waals surface area contributed by atoms with Crippen molar-refractivity contribution in [3.05, 3.63) is 63.5 Å². The van der Waals surface area contributed by atoms with E-state index in [2.05, 4.69) is 32.9 Å². The zero-order valence-electron chi connectivity index (χ0n) is 22.8. The molecule has 1 fully saturated rings. The highest BCUT2D eigenvalue weighted by Gasteiger charge is 2.36. The number of ether oxygens (including phenoxy) is 1. The molecule has 0 bridgehead atoms. The van der Waals surface area contributed by atoms with Crippen LogP contribution in [0.2, 0.25) is 0 Å². The summed E-state index contributed by atoms with van der Waals surface area (Å²) in [5.74, 6) is -0.679. The number of carbonyl (C=O) groups is 2. The maximum atomic E-state index is 13.7. The first kappa shape index (κ1) is 27.5. The Morgan fingerprint density at radius 3 is 2.59 bits per heavy atom. The fourth-order valence-electron chi connectivity index (χ4n) is 5.50. The first-order valence-corrected chi connectivity index (χ1v) is 15.9. The van der Waals surface area contributed by atoms with E-state index < -0.39 is 34.4 Å². The van der Waals surface area contributed by atoms with Gasteiger partial charge in [-0.25, -0.2) is 18.2 Å². The minimum Gasteiger partial charge on any atom is -0.452 e. The van der Waals surface area contributed by atoms with Crippen molar-refractivity contribution in [2.24, 2.45) is 11.3 Å². The minimum absolute atomic E-state index is 0.000649. The van der Waals surface area contributed by atoms with Crippen LogP contribution in [0.1, 0.15) is 60.1 Å². The Bertz CT molecular complexity index is 1550. The molecule has 7 nitrogen and oxygen atoms in total. The molecule has 0 spiro atoms. The summed E-state index contributed by atoms with van der Waals surface area (Å²) in [7, 11) is -1.57. The van der Waals surface area contributed by atoms with E-state index in [0.717, 1.165) is 28.1 Å². The van der Waals surface area contributed by atoms with E-state index in [1.54, 1.807) is 18.4 Å². The van der Waals surface area contributed by atoms with Crippen LogP contribution >= 0.6 is 11.3 Å². The van der Waals surface area contributed by atoms with Gasteiger partial charge in [0.25, 0.3) is 5.91 Å². The molecule has 2 aromatic heterocycles. The molecular weight excluding hydrogens is 532 g/mol. The average Bonchev–Trinajstić information content (AvgIpc) is 3.53. The molecule has 0 unspecified atom stereocenters. The highest BCUT2D eigenvalue weighted by Crippen LogP contribution is 2.45. The number of benzene rings is 1. The van der Waals surface area contributed by atoms with Crippen LogP contribution in [0.25, 0.3) is 22.6 Å². The smallest absolute Gasteiger partial charge is 0.339 e. The van der Waals surface area contributed by atoms with E-state index in [0.29, 0.717) is 29.3 Å². The monoisotopic (exact) mass is 566 g/mol. The third kappa shape index (κ3) is 5.79. The van der Waals surface area contributed by atoms with Gasteiger partial charge in [-0.3, -0.25) is 4.79 Å². The highest BCUT2D eigenvalue weighted by atomic mass is 32.2. The molecule has 0 saturated carbocycles. The number of carbonyl (C=O) groups excluding carboxylic acids is 2. The van der Waals surface area contributed by atoms with Gasteiger partial charge in [0.2, 0.25) is 0 Å². The molecular formula is C30H34N2O5S2. The van der Waals surface area contributed by atoms with Crippen molar-refractivity contribution in [3.63, 3.8) is 0 Å². The van der Waals surface area contributed by atoms with Gasteiger partial charge in [0.1, 0.15) is 0 Å². The van der Waals surface area contributed by atoms with Gasteiger partial charge in [0, 0.05) is 23.4 Å². The standard InChI is InChI=1S/C30H34N2O5S2/c1-30(2,3)20-14-19(15-22-8-7-12-38-22)28-24(16-20)27(23-9-5-6-10-25(23)31-28)29(34)37-17-26(33)32(4)21-11-13-39(35,36)18-21/h5-10,12,15,20-21H,11,13-14,16-18H2,1-4H3/b19-15-/t20-,21+/m1/s1. The number of allylic oxidation sites excluding steroid dienone is 1. The molecule has 1 amide bonds. The van der Waals surface area contributed by atoms with E-state index in [-0.39, 0.29) is 22.8 Å². The molecule has 0 N–H and O–H groups in total. The average molecular weight is 567 g/mol. The van der Waals surface area contributed by atoms with Crippen molar-refractivity contribution in [2.45, 2.75) is 46.1 Å². The minimum atomic E-state index is -3.14. The van der Waals surface area contributed by atoms with Crippen molar-refractivity contribution < 1.29 is 22.7 Å². The van der Waals surface area contributed by atoms with E-state index in [1.165, 1.54) is 4.90 Å². The van der Waals surface area contributed by atoms with Crippen molar-refractivity contribution in [1.29, 1.82) is 0 Å². The fourth-order valence-corrected chi connectivity index (χ4v) is 7.96. The van der Waals surface area contributed by atoms with Crippen LogP contribution in [0.4, 0.5) is 0 Å². The normalized spacial score (nSPS) is 21.6. The summed E-state index contributed by atoms with van der Waals surface area (Å²) in [4.78, 5) is 34.2. The molecule has 2 aliphatic rings. The third-order valence-corrected chi connectivity index (χ3v) is 10.5. The van der Waals surface area contributed by atoms with Gasteiger partial charge in [-0.1, -0.05) is 45.0 Å². The SMILES string of the molecule is CN(C(=O)COC(=O)c1c2c(nc3ccccc13)/C(=C\c1cccs1)C[C@@H](C(C)(C)C)C2)[C@H]1CCS(=O)(=O)C1. The summed E-state index contributed by atoms with van der Waals surface area (Å²) < 4.78 is 29.4. The molecule has 3 heterocycles. The number of aromatic nitrogens is 1. The number of pyridine rings is 1. The van der Waals surface area contributed by atoms with Crippen LogP contribution < -0.4 is 0 Å². The van der Waals surface area contributed by atoms with Crippen LogP contribution in [-0.4, -0.2) is 61.4 Å². The van der Waals surface area contributed by atoms with Gasteiger partial charge in [0.15, 0.2) is 16.4 Å². The molecule has 1 aromatic carbocycles. The number of amides is 1. The van der Waals surface area contributed by atoms with Crippen LogP contribution in [0.5, 0.6) is 0 Å². The maximum absolute atomic E-state index is 13.7. The van der Waals surface area contributed by atoms with Crippen molar-refractivity contribution >= 4 is 55.6 Å². The molecule has 9 heteroatoms. The number of nitrogens with zero attached hydrogens (tertiary/aromatic N) is 2. The van der Waals surface area contributed by atoms with Gasteiger partial charge in [-0.2, -0.15) is 0 Å². The van der Waals surface area contributed by atoms with Crippen LogP contribution in [0.15, 0.2) is 41.8 Å². The number of sulfone groups is 1. The summed E-state index contributed by atoms with van der Waals surface area (Å²) in [5, 5.41) is 2.75. The molecule has 0 radical (unpaired) electrons. The third-order valence-electron chi connectivity index (χ3n) is 7.98. The molecule has 206 valence electrons. The van der Waals surface area contributed by atoms with Gasteiger partial charge < -0.3 is 9.64 Å². The topological polar surface area (TPSA) is 93.6 Å². The molecule has 39 heavy (non-hydrogen) atoms. The Morgan fingerprint density at radius 1 is 1.15 bits per heavy atom. The van der Waals surface area contributed by atoms with Gasteiger partial charge in [-0.05, 0) is 65.3 Å². The van der Waals surface area contributed by atoms with Crippen molar-refractivity contribution in [3.8, 4) is 0 Å². The predicted octanol–water partition coefficient (Wildman–Crippen LogP) is 5.25. The Hall–Kier alpha value is -3.04. The van der Waals surface area contributed by atoms with Crippen molar-refractivity contribution in [1.82, 2.24) is 9.88 Å². The summed E-state index contributed by atoms with van der Waals surface area (Å²) in [6.45, 7) is 6.21. The lowest BCUT2D eigenvalue weighted by Gasteiger charge is -2.36. The quantitative estimate of drug-likeness (QED) is 0.392. The summed E-state index contributed by atoms with van der Waals surface area (Å²) in [5.41, 5.74) is 3.93. The van der Waals surface area contributed by atoms with Crippen LogP contribution in [0, 0.1) is 11.3 Å². The molecule has 5 rings (SSSR count). The molecule has 3 aromatic rings. The number of esters is 1. The van der Waals surface area contributed by atoms with Crippen LogP contribution in [-0.2, 0) is 25.8 Å². The van der Waals surface area contributed by atoms with Gasteiger partial charge in [-0.15, -0.1) is 11.3 Å². The number of para-hydroxylation sites is 1. The number of hydrogen-bond donors (Lipinski definition) is 0. The van der Waals surface area contributed by atoms with E-state index in [9.17, 15) is 18.0 Å². The lowest BCUT2D eigenvalue weighted by molar-refractivity contribution is -0.134. The molecule has 1 aliphatic carbocycles. The number of rotatable bonds is 5. The zero-order valence-corrected chi connectivity index (χ0v) is 24.4. The fraction of sp³-hybridized carbons (Fsp3) is 0.433. The van der Waals surface area contributed by atoms with Gasteiger partial charge in [0.05, 0.1) is 28.3 Å². The lowest BCUT2D eigenvalue weighted by atomic mass is 9.69. The summed E-state index contributed by atoms with van der Waals surface area (Å²) in [6, 6.07) is 11.2. The Morgan fingerprint density at radius 2 is 1.92 bits per heavy atom. The number of hydrogen-bond acceptors (Lipinski definition) is 7. The molecule has 2 atom stereocenters. The molecule has 1 saturated heterocycles. The molecule has 1 aliphatic heterocycles. The first-order valence-electron chi connectivity index (χ1n) is 13.2. The van der Waals surface area contributed by atoms with E-state index >= 15 is 0 Å². The van der Waals surface area contributed by atoms with Crippen LogP contribution in [0.3, 0.4) is 0 Å².